The van der Waals surface area contributed by atoms with Gasteiger partial charge in [0.25, 0.3) is 11.8 Å². The van der Waals surface area contributed by atoms with E-state index in [2.05, 4.69) is 10.5 Å². The van der Waals surface area contributed by atoms with Gasteiger partial charge in [0.05, 0.1) is 10.9 Å². The van der Waals surface area contributed by atoms with E-state index in [9.17, 15) is 9.59 Å². The first-order valence-corrected chi connectivity index (χ1v) is 9.78. The molecule has 4 rings (SSSR count). The number of hydrogen-bond donors (Lipinski definition) is 1. The maximum absolute atomic E-state index is 12.8. The van der Waals surface area contributed by atoms with Crippen molar-refractivity contribution in [1.82, 2.24) is 10.1 Å². The van der Waals surface area contributed by atoms with Crippen LogP contribution in [0.25, 0.3) is 0 Å². The number of likely N-dealkylation sites (tertiary alicyclic amines) is 1. The monoisotopic (exact) mass is 381 g/mol. The predicted octanol–water partition coefficient (Wildman–Crippen LogP) is 4.36. The fraction of sp³-hybridized carbons (Fsp3) is 0.250. The van der Waals surface area contributed by atoms with Crippen molar-refractivity contribution in [2.45, 2.75) is 25.3 Å². The average Bonchev–Trinajstić information content (AvgIpc) is 3.40. The van der Waals surface area contributed by atoms with E-state index in [-0.39, 0.29) is 23.6 Å². The van der Waals surface area contributed by atoms with Crippen LogP contribution in [0.1, 0.15) is 51.2 Å². The molecule has 0 spiro atoms. The van der Waals surface area contributed by atoms with Gasteiger partial charge < -0.3 is 14.7 Å². The van der Waals surface area contributed by atoms with Crippen LogP contribution in [0.2, 0.25) is 0 Å². The van der Waals surface area contributed by atoms with E-state index in [1.165, 1.54) is 11.3 Å². The number of hydrogen-bond acceptors (Lipinski definition) is 5. The average molecular weight is 381 g/mol. The number of nitrogens with zero attached hydrogens (tertiary/aromatic N) is 2. The Morgan fingerprint density at radius 3 is 2.78 bits per heavy atom. The Labute approximate surface area is 160 Å². The van der Waals surface area contributed by atoms with Crippen molar-refractivity contribution in [3.63, 3.8) is 0 Å². The van der Waals surface area contributed by atoms with Crippen molar-refractivity contribution in [1.29, 1.82) is 0 Å². The van der Waals surface area contributed by atoms with Gasteiger partial charge in [-0.1, -0.05) is 29.4 Å². The summed E-state index contributed by atoms with van der Waals surface area (Å²) in [7, 11) is 0. The largest absolute Gasteiger partial charge is 0.358 e. The summed E-state index contributed by atoms with van der Waals surface area (Å²) in [5.41, 5.74) is 0.905. The molecule has 1 aliphatic rings. The number of carbonyl (C=O) groups is 2. The van der Waals surface area contributed by atoms with Crippen LogP contribution in [0.15, 0.2) is 58.4 Å². The van der Waals surface area contributed by atoms with Gasteiger partial charge in [0.1, 0.15) is 0 Å². The fourth-order valence-corrected chi connectivity index (χ4v) is 3.96. The molecule has 138 valence electrons. The Morgan fingerprint density at radius 2 is 2.00 bits per heavy atom. The zero-order chi connectivity index (χ0) is 18.6. The van der Waals surface area contributed by atoms with Gasteiger partial charge in [-0.3, -0.25) is 9.59 Å². The lowest BCUT2D eigenvalue weighted by Gasteiger charge is -2.33. The molecule has 3 aromatic rings. The molecule has 1 fully saturated rings. The summed E-state index contributed by atoms with van der Waals surface area (Å²) in [6.07, 6.45) is 2.76. The maximum Gasteiger partial charge on any atom is 0.277 e. The summed E-state index contributed by atoms with van der Waals surface area (Å²) in [4.78, 5) is 27.8. The Bertz CT molecular complexity index is 921. The van der Waals surface area contributed by atoms with Crippen molar-refractivity contribution >= 4 is 28.8 Å². The van der Waals surface area contributed by atoms with E-state index in [0.717, 1.165) is 19.3 Å². The number of aromatic nitrogens is 1. The Balaban J connectivity index is 1.52. The second-order valence-electron chi connectivity index (χ2n) is 6.42. The predicted molar refractivity (Wildman–Crippen MR) is 103 cm³/mol. The Hall–Kier alpha value is -2.93. The summed E-state index contributed by atoms with van der Waals surface area (Å²) in [5, 5.41) is 8.61. The van der Waals surface area contributed by atoms with Gasteiger partial charge >= 0.3 is 0 Å². The van der Waals surface area contributed by atoms with Gasteiger partial charge in [0.15, 0.2) is 11.5 Å². The van der Waals surface area contributed by atoms with Crippen LogP contribution >= 0.6 is 11.3 Å². The van der Waals surface area contributed by atoms with Gasteiger partial charge in [-0.25, -0.2) is 0 Å². The number of carbonyl (C=O) groups excluding carboxylic acids is 2. The number of nitrogens with one attached hydrogen (secondary N) is 1. The lowest BCUT2D eigenvalue weighted by Crippen LogP contribution is -2.38. The van der Waals surface area contributed by atoms with Crippen molar-refractivity contribution in [2.75, 3.05) is 11.9 Å². The highest BCUT2D eigenvalue weighted by atomic mass is 32.1. The highest BCUT2D eigenvalue weighted by molar-refractivity contribution is 7.12. The first-order chi connectivity index (χ1) is 13.2. The molecule has 6 nitrogen and oxygen atoms in total. The molecular formula is C20H19N3O3S. The zero-order valence-corrected chi connectivity index (χ0v) is 15.4. The molecule has 27 heavy (non-hydrogen) atoms. The van der Waals surface area contributed by atoms with Crippen LogP contribution in [0, 0.1) is 0 Å². The quantitative estimate of drug-likeness (QED) is 0.729. The number of piperidine rings is 1. The first kappa shape index (κ1) is 17.5. The first-order valence-electron chi connectivity index (χ1n) is 8.90. The number of benzene rings is 1. The molecule has 1 aliphatic heterocycles. The Morgan fingerprint density at radius 1 is 1.15 bits per heavy atom. The molecule has 3 heterocycles. The molecule has 0 radical (unpaired) electrons. The molecular weight excluding hydrogens is 362 g/mol. The topological polar surface area (TPSA) is 75.4 Å². The molecule has 1 N–H and O–H groups in total. The van der Waals surface area contributed by atoms with E-state index < -0.39 is 0 Å². The third-order valence-electron chi connectivity index (χ3n) is 4.62. The number of rotatable bonds is 4. The smallest absolute Gasteiger partial charge is 0.277 e. The van der Waals surface area contributed by atoms with Crippen LogP contribution in [0.5, 0.6) is 0 Å². The van der Waals surface area contributed by atoms with Crippen LogP contribution in [0.4, 0.5) is 5.69 Å². The normalized spacial score (nSPS) is 16.9. The third kappa shape index (κ3) is 3.78. The van der Waals surface area contributed by atoms with Crippen LogP contribution < -0.4 is 5.32 Å². The number of anilines is 1. The van der Waals surface area contributed by atoms with Crippen LogP contribution in [-0.4, -0.2) is 28.4 Å². The summed E-state index contributed by atoms with van der Waals surface area (Å²) in [6, 6.07) is 14.3. The lowest BCUT2D eigenvalue weighted by atomic mass is 9.99. The number of thiophene rings is 1. The summed E-state index contributed by atoms with van der Waals surface area (Å²) >= 11 is 1.43. The van der Waals surface area contributed by atoms with E-state index in [4.69, 9.17) is 4.52 Å². The van der Waals surface area contributed by atoms with E-state index >= 15 is 0 Å². The summed E-state index contributed by atoms with van der Waals surface area (Å²) in [6.45, 7) is 0.674. The van der Waals surface area contributed by atoms with E-state index in [1.54, 1.807) is 6.07 Å². The minimum atomic E-state index is -0.330. The minimum Gasteiger partial charge on any atom is -0.358 e. The van der Waals surface area contributed by atoms with Gasteiger partial charge in [0.2, 0.25) is 0 Å². The minimum absolute atomic E-state index is 0.00128. The second kappa shape index (κ2) is 7.75. The van der Waals surface area contributed by atoms with Gasteiger partial charge in [-0.2, -0.15) is 0 Å². The van der Waals surface area contributed by atoms with Crippen molar-refractivity contribution in [2.24, 2.45) is 0 Å². The summed E-state index contributed by atoms with van der Waals surface area (Å²) in [5.74, 6) is 0.224. The number of para-hydroxylation sites is 1. The van der Waals surface area contributed by atoms with Crippen molar-refractivity contribution in [3.05, 3.63) is 70.2 Å². The molecule has 2 amide bonds. The van der Waals surface area contributed by atoms with Gasteiger partial charge in [-0.15, -0.1) is 11.3 Å². The van der Waals surface area contributed by atoms with E-state index in [0.29, 0.717) is 22.9 Å². The maximum atomic E-state index is 12.8. The zero-order valence-electron chi connectivity index (χ0n) is 14.6. The number of amides is 2. The second-order valence-corrected chi connectivity index (χ2v) is 7.37. The lowest BCUT2D eigenvalue weighted by molar-refractivity contribution is 0.0575. The standard InChI is InChI=1S/C20H19N3O3S/c24-19(21-14-7-2-1-3-8-14)15-13-17(26-22-15)16-9-4-5-11-23(16)20(25)18-10-6-12-27-18/h1-3,6-8,10,12-13,16H,4-5,9,11H2,(H,21,24). The molecule has 7 heteroatoms. The van der Waals surface area contributed by atoms with Crippen LogP contribution in [-0.2, 0) is 0 Å². The molecule has 2 aromatic heterocycles. The van der Waals surface area contributed by atoms with Crippen molar-refractivity contribution in [3.8, 4) is 0 Å². The highest BCUT2D eigenvalue weighted by Gasteiger charge is 2.32. The molecule has 0 saturated carbocycles. The van der Waals surface area contributed by atoms with E-state index in [1.807, 2.05) is 52.7 Å². The van der Waals surface area contributed by atoms with Crippen molar-refractivity contribution < 1.29 is 14.1 Å². The van der Waals surface area contributed by atoms with Crippen LogP contribution in [0.3, 0.4) is 0 Å². The fourth-order valence-electron chi connectivity index (χ4n) is 3.28. The molecule has 0 bridgehead atoms. The SMILES string of the molecule is O=C(Nc1ccccc1)c1cc(C2CCCCN2C(=O)c2cccs2)on1. The third-order valence-corrected chi connectivity index (χ3v) is 5.47. The Kier molecular flexibility index (Phi) is 5.02. The molecule has 1 aromatic carbocycles. The van der Waals surface area contributed by atoms with Gasteiger partial charge in [-0.05, 0) is 42.8 Å². The van der Waals surface area contributed by atoms with Gasteiger partial charge in [0, 0.05) is 18.3 Å². The molecule has 1 atom stereocenters. The summed E-state index contributed by atoms with van der Waals surface area (Å²) < 4.78 is 5.46. The highest BCUT2D eigenvalue weighted by Crippen LogP contribution is 2.33. The molecule has 1 unspecified atom stereocenters. The molecule has 1 saturated heterocycles. The molecule has 0 aliphatic carbocycles.